The van der Waals surface area contributed by atoms with E-state index < -0.39 is 5.97 Å². The number of carbonyl (C=O) groups excluding carboxylic acids is 1. The molecule has 3 nitrogen and oxygen atoms in total. The first kappa shape index (κ1) is 9.67. The van der Waals surface area contributed by atoms with Crippen molar-refractivity contribution in [2.24, 2.45) is 0 Å². The fourth-order valence-electron chi connectivity index (χ4n) is 0.870. The largest absolute Gasteiger partial charge is 0.464 e. The number of rotatable bonds is 2. The van der Waals surface area contributed by atoms with Gasteiger partial charge >= 0.3 is 5.97 Å². The summed E-state index contributed by atoms with van der Waals surface area (Å²) in [6, 6.07) is 1.55. The number of methoxy groups -OCH3 is 1. The summed E-state index contributed by atoms with van der Waals surface area (Å²) in [5, 5.41) is 0. The average molecular weight is 195 g/mol. The van der Waals surface area contributed by atoms with Crippen LogP contribution in [0.2, 0.25) is 0 Å². The van der Waals surface area contributed by atoms with E-state index in [4.69, 9.17) is 12.2 Å². The molecule has 0 saturated carbocycles. The predicted octanol–water partition coefficient (Wildman–Crippen LogP) is 2.17. The van der Waals surface area contributed by atoms with E-state index in [1.54, 1.807) is 18.3 Å². The highest BCUT2D eigenvalue weighted by molar-refractivity contribution is 7.71. The zero-order chi connectivity index (χ0) is 9.84. The van der Waals surface area contributed by atoms with E-state index >= 15 is 0 Å². The molecule has 1 N–H and O–H groups in total. The van der Waals surface area contributed by atoms with E-state index in [0.717, 1.165) is 5.56 Å². The molecule has 0 aliphatic heterocycles. The van der Waals surface area contributed by atoms with Crippen LogP contribution >= 0.6 is 12.2 Å². The third kappa shape index (κ3) is 2.03. The summed E-state index contributed by atoms with van der Waals surface area (Å²) in [6.45, 7) is 3.58. The first-order valence-corrected chi connectivity index (χ1v) is 4.03. The topological polar surface area (TPSA) is 42.1 Å². The molecule has 0 aromatic carbocycles. The molecule has 0 aliphatic carbocycles. The van der Waals surface area contributed by atoms with Crippen LogP contribution in [0.4, 0.5) is 0 Å². The highest BCUT2D eigenvalue weighted by atomic mass is 32.1. The van der Waals surface area contributed by atoms with E-state index in [0.29, 0.717) is 10.2 Å². The third-order valence-corrected chi connectivity index (χ3v) is 1.92. The highest BCUT2D eigenvalue weighted by Crippen LogP contribution is 2.06. The van der Waals surface area contributed by atoms with Gasteiger partial charge in [-0.1, -0.05) is 24.9 Å². The predicted molar refractivity (Wildman–Crippen MR) is 53.1 cm³/mol. The minimum atomic E-state index is -0.429. The van der Waals surface area contributed by atoms with Crippen molar-refractivity contribution in [2.45, 2.75) is 0 Å². The number of H-pyrrole nitrogens is 1. The molecular weight excluding hydrogens is 186 g/mol. The average Bonchev–Trinajstić information content (AvgIpc) is 2.16. The second-order valence-electron chi connectivity index (χ2n) is 2.36. The number of aromatic amines is 1. The monoisotopic (exact) mass is 195 g/mol. The van der Waals surface area contributed by atoms with Crippen LogP contribution in [0.3, 0.4) is 0 Å². The molecule has 13 heavy (non-hydrogen) atoms. The lowest BCUT2D eigenvalue weighted by Crippen LogP contribution is -2.03. The minimum Gasteiger partial charge on any atom is -0.464 e. The second-order valence-corrected chi connectivity index (χ2v) is 2.80. The smallest absolute Gasteiger partial charge is 0.354 e. The molecule has 0 unspecified atom stereocenters. The summed E-state index contributed by atoms with van der Waals surface area (Å²) in [4.78, 5) is 13.8. The number of hydrogen-bond donors (Lipinski definition) is 1. The van der Waals surface area contributed by atoms with Gasteiger partial charge in [0.05, 0.1) is 7.11 Å². The fraction of sp³-hybridized carbons (Fsp3) is 0.111. The van der Waals surface area contributed by atoms with Gasteiger partial charge in [0.2, 0.25) is 0 Å². The highest BCUT2D eigenvalue weighted by Gasteiger charge is 2.05. The Morgan fingerprint density at radius 1 is 1.77 bits per heavy atom. The van der Waals surface area contributed by atoms with Crippen LogP contribution in [-0.2, 0) is 4.74 Å². The van der Waals surface area contributed by atoms with E-state index in [-0.39, 0.29) is 0 Å². The number of carbonyl (C=O) groups is 1. The Kier molecular flexibility index (Phi) is 2.97. The maximum atomic E-state index is 11.0. The molecule has 1 aromatic heterocycles. The Morgan fingerprint density at radius 2 is 2.46 bits per heavy atom. The van der Waals surface area contributed by atoms with Crippen LogP contribution in [0, 0.1) is 4.51 Å². The van der Waals surface area contributed by atoms with Crippen molar-refractivity contribution < 1.29 is 9.53 Å². The summed E-state index contributed by atoms with van der Waals surface area (Å²) < 4.78 is 5.10. The molecule has 68 valence electrons. The maximum Gasteiger partial charge on any atom is 0.354 e. The third-order valence-electron chi connectivity index (χ3n) is 1.57. The van der Waals surface area contributed by atoms with Gasteiger partial charge in [0.1, 0.15) is 5.69 Å². The Bertz CT molecular complexity index is 395. The number of ether oxygens (including phenoxy) is 1. The lowest BCUT2D eigenvalue weighted by Gasteiger charge is -1.99. The summed E-state index contributed by atoms with van der Waals surface area (Å²) in [7, 11) is 1.32. The lowest BCUT2D eigenvalue weighted by molar-refractivity contribution is 0.0594. The van der Waals surface area contributed by atoms with Crippen LogP contribution < -0.4 is 0 Å². The molecule has 1 aromatic rings. The number of nitrogens with one attached hydrogen (secondary N) is 1. The first-order valence-electron chi connectivity index (χ1n) is 3.62. The Balaban J connectivity index is 3.17. The van der Waals surface area contributed by atoms with Gasteiger partial charge in [0.25, 0.3) is 0 Å². The van der Waals surface area contributed by atoms with Crippen molar-refractivity contribution in [1.29, 1.82) is 0 Å². The molecule has 0 saturated heterocycles. The molecule has 1 rings (SSSR count). The molecule has 0 radical (unpaired) electrons. The van der Waals surface area contributed by atoms with Gasteiger partial charge < -0.3 is 9.72 Å². The zero-order valence-corrected chi connectivity index (χ0v) is 7.98. The Labute approximate surface area is 81.1 Å². The van der Waals surface area contributed by atoms with Crippen molar-refractivity contribution in [3.05, 3.63) is 34.6 Å². The maximum absolute atomic E-state index is 11.0. The molecule has 1 heterocycles. The van der Waals surface area contributed by atoms with E-state index in [1.165, 1.54) is 7.11 Å². The molecule has 0 fully saturated rings. The molecule has 0 spiro atoms. The lowest BCUT2D eigenvalue weighted by atomic mass is 10.2. The van der Waals surface area contributed by atoms with Crippen molar-refractivity contribution in [3.8, 4) is 0 Å². The molecule has 4 heteroatoms. The van der Waals surface area contributed by atoms with Gasteiger partial charge in [-0.2, -0.15) is 0 Å². The number of esters is 1. The number of pyridine rings is 1. The molecule has 0 atom stereocenters. The van der Waals surface area contributed by atoms with Gasteiger partial charge in [0, 0.05) is 16.3 Å². The SMILES string of the molecule is C=Cc1c[nH]c(C(=O)OC)cc1=S. The van der Waals surface area contributed by atoms with Crippen molar-refractivity contribution in [3.63, 3.8) is 0 Å². The summed E-state index contributed by atoms with van der Waals surface area (Å²) >= 11 is 5.01. The van der Waals surface area contributed by atoms with E-state index in [9.17, 15) is 4.79 Å². The van der Waals surface area contributed by atoms with Crippen LogP contribution in [0.25, 0.3) is 6.08 Å². The molecule has 0 amide bonds. The van der Waals surface area contributed by atoms with Gasteiger partial charge in [-0.25, -0.2) is 4.79 Å². The number of aromatic nitrogens is 1. The zero-order valence-electron chi connectivity index (χ0n) is 7.16. The quantitative estimate of drug-likeness (QED) is 0.581. The summed E-state index contributed by atoms with van der Waals surface area (Å²) in [6.07, 6.45) is 3.25. The fourth-order valence-corrected chi connectivity index (χ4v) is 1.13. The standard InChI is InChI=1S/C9H9NO2S/c1-3-6-5-10-7(4-8(6)13)9(11)12-2/h3-5H,1H2,2H3,(H,10,13). The number of hydrogen-bond acceptors (Lipinski definition) is 3. The first-order chi connectivity index (χ1) is 6.19. The van der Waals surface area contributed by atoms with Gasteiger partial charge in [0.15, 0.2) is 0 Å². The van der Waals surface area contributed by atoms with Crippen molar-refractivity contribution in [1.82, 2.24) is 4.98 Å². The van der Waals surface area contributed by atoms with Crippen molar-refractivity contribution in [2.75, 3.05) is 7.11 Å². The van der Waals surface area contributed by atoms with Gasteiger partial charge in [-0.3, -0.25) is 0 Å². The normalized spacial score (nSPS) is 9.31. The Hall–Kier alpha value is -1.42. The van der Waals surface area contributed by atoms with Crippen LogP contribution in [0.5, 0.6) is 0 Å². The van der Waals surface area contributed by atoms with Gasteiger partial charge in [-0.05, 0) is 6.07 Å². The van der Waals surface area contributed by atoms with Crippen LogP contribution in [0.15, 0.2) is 18.8 Å². The van der Waals surface area contributed by atoms with E-state index in [2.05, 4.69) is 16.3 Å². The van der Waals surface area contributed by atoms with Crippen LogP contribution in [-0.4, -0.2) is 18.1 Å². The Morgan fingerprint density at radius 3 is 2.92 bits per heavy atom. The molecular formula is C9H9NO2S. The van der Waals surface area contributed by atoms with E-state index in [1.807, 2.05) is 0 Å². The summed E-state index contributed by atoms with van der Waals surface area (Å²) in [5.74, 6) is -0.429. The second kappa shape index (κ2) is 4.00. The van der Waals surface area contributed by atoms with Gasteiger partial charge in [-0.15, -0.1) is 0 Å². The van der Waals surface area contributed by atoms with Crippen LogP contribution in [0.1, 0.15) is 16.1 Å². The summed E-state index contributed by atoms with van der Waals surface area (Å²) in [5.41, 5.74) is 1.14. The van der Waals surface area contributed by atoms with Crippen molar-refractivity contribution >= 4 is 24.3 Å². The minimum absolute atomic E-state index is 0.345. The molecule has 0 bridgehead atoms. The molecule has 0 aliphatic rings.